The van der Waals surface area contributed by atoms with Crippen molar-refractivity contribution in [1.29, 1.82) is 0 Å². The number of rotatable bonds is 4. The molecule has 0 aliphatic carbocycles. The molecule has 14 heavy (non-hydrogen) atoms. The predicted octanol–water partition coefficient (Wildman–Crippen LogP) is 0.784. The Morgan fingerprint density at radius 1 is 1.71 bits per heavy atom. The normalized spacial score (nSPS) is 22.3. The van der Waals surface area contributed by atoms with Crippen LogP contribution >= 0.6 is 0 Å². The second-order valence-electron chi connectivity index (χ2n) is 3.42. The van der Waals surface area contributed by atoms with Crippen LogP contribution in [0.25, 0.3) is 0 Å². The second-order valence-corrected chi connectivity index (χ2v) is 3.42. The summed E-state index contributed by atoms with van der Waals surface area (Å²) in [5.74, 6) is -0.322. The van der Waals surface area contributed by atoms with Gasteiger partial charge >= 0.3 is 5.97 Å². The molecule has 1 unspecified atom stereocenters. The number of nitrogens with zero attached hydrogens (tertiary/aromatic N) is 1. The van der Waals surface area contributed by atoms with Crippen molar-refractivity contribution in [3.8, 4) is 0 Å². The van der Waals surface area contributed by atoms with Gasteiger partial charge in [0.1, 0.15) is 12.8 Å². The highest BCUT2D eigenvalue weighted by molar-refractivity contribution is 5.86. The highest BCUT2D eigenvalue weighted by atomic mass is 16.5. The quantitative estimate of drug-likeness (QED) is 0.495. The van der Waals surface area contributed by atoms with E-state index in [1.807, 2.05) is 6.92 Å². The molecule has 1 aliphatic rings. The molecule has 1 atom stereocenters. The van der Waals surface area contributed by atoms with Gasteiger partial charge in [0.25, 0.3) is 0 Å². The van der Waals surface area contributed by atoms with Crippen molar-refractivity contribution in [3.05, 3.63) is 12.2 Å². The Kier molecular flexibility index (Phi) is 4.10. The zero-order valence-corrected chi connectivity index (χ0v) is 8.78. The van der Waals surface area contributed by atoms with Gasteiger partial charge in [0.05, 0.1) is 6.61 Å². The van der Waals surface area contributed by atoms with Crippen LogP contribution in [-0.4, -0.2) is 43.4 Å². The third-order valence-electron chi connectivity index (χ3n) is 2.21. The average Bonchev–Trinajstić information content (AvgIpc) is 2.51. The van der Waals surface area contributed by atoms with E-state index in [0.29, 0.717) is 12.2 Å². The minimum atomic E-state index is -0.322. The highest BCUT2D eigenvalue weighted by Gasteiger charge is 2.20. The molecular formula is C10H17NO3. The summed E-state index contributed by atoms with van der Waals surface area (Å²) in [6, 6.07) is 0. The zero-order chi connectivity index (χ0) is 10.6. The maximum absolute atomic E-state index is 11.0. The molecule has 0 radical (unpaired) electrons. The first-order chi connectivity index (χ1) is 6.61. The van der Waals surface area contributed by atoms with Crippen LogP contribution in [0.15, 0.2) is 12.2 Å². The van der Waals surface area contributed by atoms with E-state index in [0.717, 1.165) is 19.7 Å². The molecule has 0 aromatic heterocycles. The summed E-state index contributed by atoms with van der Waals surface area (Å²) in [4.78, 5) is 13.2. The van der Waals surface area contributed by atoms with Crippen molar-refractivity contribution in [2.24, 2.45) is 0 Å². The van der Waals surface area contributed by atoms with E-state index in [9.17, 15) is 4.79 Å². The fourth-order valence-electron chi connectivity index (χ4n) is 1.30. The smallest absolute Gasteiger partial charge is 0.333 e. The molecular weight excluding hydrogens is 182 g/mol. The number of carbonyl (C=O) groups is 1. The molecule has 0 saturated carbocycles. The minimum absolute atomic E-state index is 0.138. The summed E-state index contributed by atoms with van der Waals surface area (Å²) < 4.78 is 10.3. The molecule has 4 nitrogen and oxygen atoms in total. The van der Waals surface area contributed by atoms with Gasteiger partial charge in [-0.1, -0.05) is 6.58 Å². The lowest BCUT2D eigenvalue weighted by atomic mass is 10.4. The standard InChI is InChI=1S/C10H17NO3/c1-8(2)10(12)14-7-5-11-4-6-13-9(11)3/h9H,1,4-7H2,2-3H3. The van der Waals surface area contributed by atoms with Crippen LogP contribution in [0.2, 0.25) is 0 Å². The van der Waals surface area contributed by atoms with Crippen LogP contribution < -0.4 is 0 Å². The number of ether oxygens (including phenoxy) is 2. The van der Waals surface area contributed by atoms with Crippen LogP contribution in [0.4, 0.5) is 0 Å². The topological polar surface area (TPSA) is 38.8 Å². The molecule has 0 aromatic rings. The number of esters is 1. The Morgan fingerprint density at radius 2 is 2.43 bits per heavy atom. The van der Waals surface area contributed by atoms with Crippen LogP contribution in [0.5, 0.6) is 0 Å². The van der Waals surface area contributed by atoms with Crippen LogP contribution in [0, 0.1) is 0 Å². The van der Waals surface area contributed by atoms with E-state index in [1.54, 1.807) is 6.92 Å². The maximum Gasteiger partial charge on any atom is 0.333 e. The van der Waals surface area contributed by atoms with Gasteiger partial charge in [-0.2, -0.15) is 0 Å². The molecule has 4 heteroatoms. The van der Waals surface area contributed by atoms with Crippen LogP contribution in [-0.2, 0) is 14.3 Å². The summed E-state index contributed by atoms with van der Waals surface area (Å²) in [6.45, 7) is 9.94. The number of hydrogen-bond acceptors (Lipinski definition) is 4. The fourth-order valence-corrected chi connectivity index (χ4v) is 1.30. The van der Waals surface area contributed by atoms with Crippen molar-refractivity contribution in [2.45, 2.75) is 20.1 Å². The lowest BCUT2D eigenvalue weighted by Crippen LogP contribution is -2.31. The molecule has 1 saturated heterocycles. The first-order valence-corrected chi connectivity index (χ1v) is 4.79. The van der Waals surface area contributed by atoms with Gasteiger partial charge in [0.15, 0.2) is 0 Å². The van der Waals surface area contributed by atoms with E-state index in [2.05, 4.69) is 11.5 Å². The molecule has 1 fully saturated rings. The summed E-state index contributed by atoms with van der Waals surface area (Å²) in [5, 5.41) is 0. The van der Waals surface area contributed by atoms with Gasteiger partial charge in [-0.05, 0) is 13.8 Å². The Labute approximate surface area is 84.5 Å². The summed E-state index contributed by atoms with van der Waals surface area (Å²) >= 11 is 0. The maximum atomic E-state index is 11.0. The molecule has 1 heterocycles. The number of carbonyl (C=O) groups excluding carboxylic acids is 1. The molecule has 0 amide bonds. The Hall–Kier alpha value is -0.870. The summed E-state index contributed by atoms with van der Waals surface area (Å²) in [7, 11) is 0. The minimum Gasteiger partial charge on any atom is -0.461 e. The van der Waals surface area contributed by atoms with E-state index in [1.165, 1.54) is 0 Å². The van der Waals surface area contributed by atoms with Gasteiger partial charge < -0.3 is 9.47 Å². The van der Waals surface area contributed by atoms with Gasteiger partial charge in [-0.3, -0.25) is 4.90 Å². The third-order valence-corrected chi connectivity index (χ3v) is 2.21. The molecule has 80 valence electrons. The molecule has 0 bridgehead atoms. The molecule has 0 aromatic carbocycles. The monoisotopic (exact) mass is 199 g/mol. The van der Waals surface area contributed by atoms with E-state index in [4.69, 9.17) is 9.47 Å². The predicted molar refractivity (Wildman–Crippen MR) is 52.8 cm³/mol. The third kappa shape index (κ3) is 3.12. The summed E-state index contributed by atoms with van der Waals surface area (Å²) in [6.07, 6.45) is 0.138. The second kappa shape index (κ2) is 5.12. The molecule has 0 N–H and O–H groups in total. The average molecular weight is 199 g/mol. The lowest BCUT2D eigenvalue weighted by molar-refractivity contribution is -0.139. The molecule has 1 rings (SSSR count). The Balaban J connectivity index is 2.15. The SMILES string of the molecule is C=C(C)C(=O)OCCN1CCOC1C. The first kappa shape index (κ1) is 11.2. The van der Waals surface area contributed by atoms with Crippen molar-refractivity contribution < 1.29 is 14.3 Å². The molecule has 0 spiro atoms. The van der Waals surface area contributed by atoms with Gasteiger partial charge in [-0.25, -0.2) is 4.79 Å². The van der Waals surface area contributed by atoms with Gasteiger partial charge in [-0.15, -0.1) is 0 Å². The van der Waals surface area contributed by atoms with Crippen LogP contribution in [0.1, 0.15) is 13.8 Å². The largest absolute Gasteiger partial charge is 0.461 e. The number of hydrogen-bond donors (Lipinski definition) is 0. The molecule has 1 aliphatic heterocycles. The Morgan fingerprint density at radius 3 is 2.93 bits per heavy atom. The van der Waals surface area contributed by atoms with Crippen molar-refractivity contribution in [3.63, 3.8) is 0 Å². The zero-order valence-electron chi connectivity index (χ0n) is 8.78. The van der Waals surface area contributed by atoms with Gasteiger partial charge in [0, 0.05) is 18.7 Å². The highest BCUT2D eigenvalue weighted by Crippen LogP contribution is 2.07. The summed E-state index contributed by atoms with van der Waals surface area (Å²) in [5.41, 5.74) is 0.440. The van der Waals surface area contributed by atoms with Crippen molar-refractivity contribution in [2.75, 3.05) is 26.3 Å². The first-order valence-electron chi connectivity index (χ1n) is 4.79. The van der Waals surface area contributed by atoms with Crippen LogP contribution in [0.3, 0.4) is 0 Å². The fraction of sp³-hybridized carbons (Fsp3) is 0.700. The van der Waals surface area contributed by atoms with Crippen molar-refractivity contribution in [1.82, 2.24) is 4.90 Å². The van der Waals surface area contributed by atoms with E-state index < -0.39 is 0 Å². The lowest BCUT2D eigenvalue weighted by Gasteiger charge is -2.18. The van der Waals surface area contributed by atoms with E-state index >= 15 is 0 Å². The van der Waals surface area contributed by atoms with Crippen molar-refractivity contribution >= 4 is 5.97 Å². The Bertz CT molecular complexity index is 227. The van der Waals surface area contributed by atoms with Gasteiger partial charge in [0.2, 0.25) is 0 Å². The van der Waals surface area contributed by atoms with E-state index in [-0.39, 0.29) is 12.2 Å².